The van der Waals surface area contributed by atoms with Gasteiger partial charge >= 0.3 is 0 Å². The number of non-ortho nitro benzene ring substituents is 1. The fraction of sp³-hybridized carbons (Fsp3) is 0.474. The van der Waals surface area contributed by atoms with E-state index in [1.54, 1.807) is 30.1 Å². The van der Waals surface area contributed by atoms with Crippen LogP contribution >= 0.6 is 0 Å². The zero-order valence-electron chi connectivity index (χ0n) is 15.7. The highest BCUT2D eigenvalue weighted by Crippen LogP contribution is 2.27. The molecule has 0 bridgehead atoms. The number of carbonyl (C=O) groups is 1. The smallest absolute Gasteiger partial charge is 0.269 e. The van der Waals surface area contributed by atoms with E-state index in [-0.39, 0.29) is 11.6 Å². The third kappa shape index (κ3) is 4.33. The summed E-state index contributed by atoms with van der Waals surface area (Å²) in [5.74, 6) is 0.632. The summed E-state index contributed by atoms with van der Waals surface area (Å²) in [5, 5.41) is 18.4. The van der Waals surface area contributed by atoms with Gasteiger partial charge in [-0.05, 0) is 50.9 Å². The van der Waals surface area contributed by atoms with Crippen LogP contribution in [0.1, 0.15) is 29.6 Å². The van der Waals surface area contributed by atoms with E-state index in [1.165, 1.54) is 12.1 Å². The zero-order chi connectivity index (χ0) is 19.4. The Morgan fingerprint density at radius 2 is 1.96 bits per heavy atom. The molecular formula is C19H25N5O3. The van der Waals surface area contributed by atoms with Gasteiger partial charge in [0.2, 0.25) is 0 Å². The summed E-state index contributed by atoms with van der Waals surface area (Å²) in [4.78, 5) is 25.4. The minimum Gasteiger partial charge on any atom is -0.339 e. The molecule has 0 spiro atoms. The van der Waals surface area contributed by atoms with E-state index in [4.69, 9.17) is 0 Å². The van der Waals surface area contributed by atoms with E-state index >= 15 is 0 Å². The SMILES string of the molecule is CNCCC1CCN(C(=O)c2cn(C)nc2-c2ccc([N+](=O)[O-])cc2)CC1. The zero-order valence-corrected chi connectivity index (χ0v) is 15.7. The van der Waals surface area contributed by atoms with Crippen molar-refractivity contribution in [3.8, 4) is 11.3 Å². The number of amides is 1. The predicted molar refractivity (Wildman–Crippen MR) is 102 cm³/mol. The molecule has 1 aromatic carbocycles. The number of hydrogen-bond acceptors (Lipinski definition) is 5. The van der Waals surface area contributed by atoms with Gasteiger partial charge < -0.3 is 10.2 Å². The Balaban J connectivity index is 1.76. The molecule has 1 fully saturated rings. The summed E-state index contributed by atoms with van der Waals surface area (Å²) in [5.41, 5.74) is 1.83. The van der Waals surface area contributed by atoms with Gasteiger partial charge in [0, 0.05) is 44.0 Å². The van der Waals surface area contributed by atoms with Crippen LogP contribution in [0.4, 0.5) is 5.69 Å². The number of hydrogen-bond donors (Lipinski definition) is 1. The number of aryl methyl sites for hydroxylation is 1. The molecule has 0 radical (unpaired) electrons. The molecule has 1 amide bonds. The predicted octanol–water partition coefficient (Wildman–Crippen LogP) is 2.46. The molecule has 0 aliphatic carbocycles. The lowest BCUT2D eigenvalue weighted by molar-refractivity contribution is -0.384. The fourth-order valence-corrected chi connectivity index (χ4v) is 3.54. The Bertz CT molecular complexity index is 807. The Morgan fingerprint density at radius 1 is 1.30 bits per heavy atom. The summed E-state index contributed by atoms with van der Waals surface area (Å²) in [6, 6.07) is 6.15. The van der Waals surface area contributed by atoms with Crippen molar-refractivity contribution >= 4 is 11.6 Å². The normalized spacial score (nSPS) is 15.1. The van der Waals surface area contributed by atoms with Crippen LogP contribution in [0.5, 0.6) is 0 Å². The third-order valence-corrected chi connectivity index (χ3v) is 5.12. The molecule has 1 aliphatic heterocycles. The molecule has 0 unspecified atom stereocenters. The number of nitrogens with one attached hydrogen (secondary N) is 1. The van der Waals surface area contributed by atoms with Crippen molar-refractivity contribution in [3.63, 3.8) is 0 Å². The molecule has 1 aliphatic rings. The highest BCUT2D eigenvalue weighted by Gasteiger charge is 2.27. The number of nitro groups is 1. The van der Waals surface area contributed by atoms with E-state index in [2.05, 4.69) is 10.4 Å². The number of nitro benzene ring substituents is 1. The molecule has 2 heterocycles. The second kappa shape index (κ2) is 8.30. The lowest BCUT2D eigenvalue weighted by atomic mass is 9.93. The Morgan fingerprint density at radius 3 is 2.56 bits per heavy atom. The molecule has 3 rings (SSSR count). The van der Waals surface area contributed by atoms with Crippen molar-refractivity contribution in [2.45, 2.75) is 19.3 Å². The van der Waals surface area contributed by atoms with Gasteiger partial charge in [0.1, 0.15) is 5.69 Å². The van der Waals surface area contributed by atoms with Crippen molar-refractivity contribution in [2.24, 2.45) is 13.0 Å². The second-order valence-corrected chi connectivity index (χ2v) is 7.00. The molecule has 1 saturated heterocycles. The van der Waals surface area contributed by atoms with Crippen LogP contribution in [0.2, 0.25) is 0 Å². The van der Waals surface area contributed by atoms with Crippen molar-refractivity contribution in [2.75, 3.05) is 26.7 Å². The number of benzene rings is 1. The maximum atomic E-state index is 13.1. The topological polar surface area (TPSA) is 93.3 Å². The molecule has 1 aromatic heterocycles. The monoisotopic (exact) mass is 371 g/mol. The molecule has 27 heavy (non-hydrogen) atoms. The average Bonchev–Trinajstić information content (AvgIpc) is 3.08. The summed E-state index contributed by atoms with van der Waals surface area (Å²) in [6.07, 6.45) is 4.90. The van der Waals surface area contributed by atoms with Crippen LogP contribution in [0.25, 0.3) is 11.3 Å². The van der Waals surface area contributed by atoms with Gasteiger partial charge in [-0.2, -0.15) is 5.10 Å². The van der Waals surface area contributed by atoms with Crippen LogP contribution in [-0.4, -0.2) is 52.2 Å². The molecule has 2 aromatic rings. The fourth-order valence-electron chi connectivity index (χ4n) is 3.54. The minimum absolute atomic E-state index is 0.0196. The molecule has 144 valence electrons. The van der Waals surface area contributed by atoms with E-state index in [1.807, 2.05) is 11.9 Å². The Kier molecular flexibility index (Phi) is 5.85. The van der Waals surface area contributed by atoms with Gasteiger partial charge in [-0.1, -0.05) is 0 Å². The van der Waals surface area contributed by atoms with Crippen molar-refractivity contribution in [1.82, 2.24) is 20.0 Å². The standard InChI is InChI=1S/C19H25N5O3/c1-20-10-7-14-8-11-23(12-9-14)19(25)17-13-22(2)21-18(17)15-3-5-16(6-4-15)24(26)27/h3-6,13-14,20H,7-12H2,1-2H3. The van der Waals surface area contributed by atoms with Crippen LogP contribution in [0, 0.1) is 16.0 Å². The van der Waals surface area contributed by atoms with E-state index in [9.17, 15) is 14.9 Å². The molecule has 0 atom stereocenters. The Hall–Kier alpha value is -2.74. The maximum absolute atomic E-state index is 13.1. The van der Waals surface area contributed by atoms with Crippen LogP contribution in [-0.2, 0) is 7.05 Å². The molecule has 0 saturated carbocycles. The largest absolute Gasteiger partial charge is 0.339 e. The van der Waals surface area contributed by atoms with E-state index in [0.717, 1.165) is 38.9 Å². The van der Waals surface area contributed by atoms with E-state index in [0.29, 0.717) is 22.7 Å². The van der Waals surface area contributed by atoms with Gasteiger partial charge in [-0.15, -0.1) is 0 Å². The third-order valence-electron chi connectivity index (χ3n) is 5.12. The molecule has 1 N–H and O–H groups in total. The van der Waals surface area contributed by atoms with Gasteiger partial charge in [0.25, 0.3) is 11.6 Å². The molecule has 8 heteroatoms. The number of piperidine rings is 1. The van der Waals surface area contributed by atoms with Crippen molar-refractivity contribution in [3.05, 3.63) is 46.1 Å². The summed E-state index contributed by atoms with van der Waals surface area (Å²) >= 11 is 0. The second-order valence-electron chi connectivity index (χ2n) is 7.00. The van der Waals surface area contributed by atoms with Crippen LogP contribution in [0.15, 0.2) is 30.5 Å². The van der Waals surface area contributed by atoms with Crippen molar-refractivity contribution < 1.29 is 9.72 Å². The summed E-state index contributed by atoms with van der Waals surface area (Å²) in [7, 11) is 3.73. The first kappa shape index (κ1) is 19.0. The maximum Gasteiger partial charge on any atom is 0.269 e. The molecular weight excluding hydrogens is 346 g/mol. The van der Waals surface area contributed by atoms with Gasteiger partial charge in [0.05, 0.1) is 10.5 Å². The first-order valence-electron chi connectivity index (χ1n) is 9.22. The molecule has 8 nitrogen and oxygen atoms in total. The van der Waals surface area contributed by atoms with Crippen LogP contribution < -0.4 is 5.32 Å². The average molecular weight is 371 g/mol. The summed E-state index contributed by atoms with van der Waals surface area (Å²) in [6.45, 7) is 2.51. The quantitative estimate of drug-likeness (QED) is 0.622. The Labute approximate surface area is 158 Å². The first-order valence-corrected chi connectivity index (χ1v) is 9.22. The number of rotatable bonds is 6. The van der Waals surface area contributed by atoms with Gasteiger partial charge in [-0.3, -0.25) is 19.6 Å². The van der Waals surface area contributed by atoms with Crippen molar-refractivity contribution in [1.29, 1.82) is 0 Å². The highest BCUT2D eigenvalue weighted by molar-refractivity contribution is 5.99. The van der Waals surface area contributed by atoms with Gasteiger partial charge in [0.15, 0.2) is 0 Å². The lowest BCUT2D eigenvalue weighted by Gasteiger charge is -2.32. The number of nitrogens with zero attached hydrogens (tertiary/aromatic N) is 4. The van der Waals surface area contributed by atoms with Crippen LogP contribution in [0.3, 0.4) is 0 Å². The number of likely N-dealkylation sites (tertiary alicyclic amines) is 1. The minimum atomic E-state index is -0.438. The number of aromatic nitrogens is 2. The highest BCUT2D eigenvalue weighted by atomic mass is 16.6. The lowest BCUT2D eigenvalue weighted by Crippen LogP contribution is -2.39. The van der Waals surface area contributed by atoms with Gasteiger partial charge in [-0.25, -0.2) is 0 Å². The van der Waals surface area contributed by atoms with E-state index < -0.39 is 4.92 Å². The summed E-state index contributed by atoms with van der Waals surface area (Å²) < 4.78 is 1.61. The first-order chi connectivity index (χ1) is 13.0. The number of carbonyl (C=O) groups excluding carboxylic acids is 1.